The summed E-state index contributed by atoms with van der Waals surface area (Å²) in [6.07, 6.45) is -5.71. The van der Waals surface area contributed by atoms with Crippen LogP contribution in [0.2, 0.25) is 0 Å². The Kier molecular flexibility index (Phi) is 7.05. The fraction of sp³-hybridized carbons (Fsp3) is 0.261. The lowest BCUT2D eigenvalue weighted by Crippen LogP contribution is -2.35. The van der Waals surface area contributed by atoms with Crippen molar-refractivity contribution in [2.75, 3.05) is 18.5 Å². The maximum absolute atomic E-state index is 12.6. The number of carbonyl (C=O) groups is 1. The van der Waals surface area contributed by atoms with Crippen LogP contribution in [0.5, 0.6) is 5.75 Å². The number of rotatable bonds is 7. The Hall–Kier alpha value is -3.82. The van der Waals surface area contributed by atoms with Crippen LogP contribution in [0.15, 0.2) is 65.5 Å². The number of aromatic nitrogens is 2. The van der Waals surface area contributed by atoms with Gasteiger partial charge in [-0.15, -0.1) is 0 Å². The van der Waals surface area contributed by atoms with Gasteiger partial charge in [0.15, 0.2) is 5.69 Å². The maximum atomic E-state index is 12.6. The number of nitrogens with zero attached hydrogens (tertiary/aromatic N) is 3. The number of halogens is 3. The van der Waals surface area contributed by atoms with E-state index in [1.54, 1.807) is 11.9 Å². The van der Waals surface area contributed by atoms with Crippen molar-refractivity contribution in [3.63, 3.8) is 0 Å². The number of aromatic hydroxyl groups is 1. The van der Waals surface area contributed by atoms with Crippen LogP contribution >= 0.6 is 0 Å². The molecular weight excluding hydrogens is 437 g/mol. The quantitative estimate of drug-likeness (QED) is 0.565. The van der Waals surface area contributed by atoms with Gasteiger partial charge in [0.05, 0.1) is 12.5 Å². The van der Waals surface area contributed by atoms with Crippen LogP contribution in [-0.2, 0) is 7.05 Å². The van der Waals surface area contributed by atoms with E-state index in [-0.39, 0.29) is 5.95 Å². The molecule has 7 nitrogen and oxygen atoms in total. The monoisotopic (exact) mass is 460 g/mol. The molecule has 10 heteroatoms. The van der Waals surface area contributed by atoms with Gasteiger partial charge in [0.25, 0.3) is 11.5 Å². The highest BCUT2D eigenvalue weighted by molar-refractivity contribution is 5.95. The summed E-state index contributed by atoms with van der Waals surface area (Å²) in [6.45, 7) is -0.708. The minimum absolute atomic E-state index is 0.0523. The van der Waals surface area contributed by atoms with Gasteiger partial charge in [0.1, 0.15) is 0 Å². The van der Waals surface area contributed by atoms with Crippen molar-refractivity contribution >= 4 is 11.9 Å². The van der Waals surface area contributed by atoms with E-state index in [1.165, 1.54) is 7.05 Å². The summed E-state index contributed by atoms with van der Waals surface area (Å²) in [4.78, 5) is 30.9. The highest BCUT2D eigenvalue weighted by atomic mass is 19.4. The minimum Gasteiger partial charge on any atom is -0.501 e. The molecule has 0 saturated heterocycles. The van der Waals surface area contributed by atoms with Crippen LogP contribution in [-0.4, -0.2) is 40.3 Å². The zero-order valence-corrected chi connectivity index (χ0v) is 18.0. The highest BCUT2D eigenvalue weighted by Crippen LogP contribution is 2.31. The van der Waals surface area contributed by atoms with E-state index < -0.39 is 48.1 Å². The van der Waals surface area contributed by atoms with Crippen molar-refractivity contribution in [2.45, 2.75) is 18.6 Å². The zero-order valence-electron chi connectivity index (χ0n) is 18.0. The molecule has 3 rings (SSSR count). The summed E-state index contributed by atoms with van der Waals surface area (Å²) in [5.74, 6) is -1.95. The molecule has 0 aliphatic heterocycles. The Morgan fingerprint density at radius 2 is 1.61 bits per heavy atom. The standard InChI is InChI=1S/C23H23F3N4O3/c1-29(18(15-9-5-3-6-10-15)16-11-7-4-8-12-16)22-28-17(19(31)21(33)30(22)2)20(32)27-14-13-23(24,25)26/h3-12,18,31H,13-14H2,1-2H3,(H,27,32). The molecule has 0 saturated carbocycles. The van der Waals surface area contributed by atoms with Gasteiger partial charge in [-0.25, -0.2) is 4.98 Å². The molecule has 0 aliphatic carbocycles. The number of hydrogen-bond acceptors (Lipinski definition) is 5. The largest absolute Gasteiger partial charge is 0.501 e. The Morgan fingerprint density at radius 1 is 1.09 bits per heavy atom. The molecule has 0 atom stereocenters. The Labute approximate surface area is 188 Å². The van der Waals surface area contributed by atoms with Crippen molar-refractivity contribution in [3.05, 3.63) is 87.8 Å². The number of amides is 1. The van der Waals surface area contributed by atoms with E-state index in [1.807, 2.05) is 60.7 Å². The molecule has 1 amide bonds. The van der Waals surface area contributed by atoms with Crippen LogP contribution in [0, 0.1) is 0 Å². The molecule has 0 bridgehead atoms. The molecule has 1 heterocycles. The molecule has 174 valence electrons. The van der Waals surface area contributed by atoms with Gasteiger partial charge in [0.2, 0.25) is 11.7 Å². The van der Waals surface area contributed by atoms with Crippen LogP contribution < -0.4 is 15.8 Å². The van der Waals surface area contributed by atoms with Crippen LogP contribution in [0.1, 0.15) is 34.1 Å². The fourth-order valence-corrected chi connectivity index (χ4v) is 3.48. The molecule has 0 fully saturated rings. The lowest BCUT2D eigenvalue weighted by atomic mass is 9.97. The Morgan fingerprint density at radius 3 is 2.09 bits per heavy atom. The first-order valence-electron chi connectivity index (χ1n) is 10.1. The second-order valence-electron chi connectivity index (χ2n) is 7.43. The number of benzene rings is 2. The van der Waals surface area contributed by atoms with Crippen molar-refractivity contribution in [1.82, 2.24) is 14.9 Å². The number of hydrogen-bond donors (Lipinski definition) is 2. The van der Waals surface area contributed by atoms with Gasteiger partial charge >= 0.3 is 6.18 Å². The van der Waals surface area contributed by atoms with Gasteiger partial charge in [-0.05, 0) is 11.1 Å². The van der Waals surface area contributed by atoms with Gasteiger partial charge in [-0.3, -0.25) is 14.2 Å². The lowest BCUT2D eigenvalue weighted by Gasteiger charge is -2.31. The molecule has 2 aromatic carbocycles. The molecule has 0 unspecified atom stereocenters. The molecule has 2 N–H and O–H groups in total. The number of alkyl halides is 3. The first-order valence-corrected chi connectivity index (χ1v) is 10.1. The highest BCUT2D eigenvalue weighted by Gasteiger charge is 2.29. The lowest BCUT2D eigenvalue weighted by molar-refractivity contribution is -0.133. The average Bonchev–Trinajstić information content (AvgIpc) is 2.78. The maximum Gasteiger partial charge on any atom is 0.390 e. The van der Waals surface area contributed by atoms with Gasteiger partial charge in [-0.1, -0.05) is 60.7 Å². The molecule has 0 spiro atoms. The SMILES string of the molecule is CN(c1nc(C(=O)NCCC(F)(F)F)c(O)c(=O)n1C)C(c1ccccc1)c1ccccc1. The third kappa shape index (κ3) is 5.51. The normalized spacial score (nSPS) is 11.5. The van der Waals surface area contributed by atoms with E-state index >= 15 is 0 Å². The molecule has 0 radical (unpaired) electrons. The average molecular weight is 460 g/mol. The van der Waals surface area contributed by atoms with Gasteiger partial charge in [0, 0.05) is 20.6 Å². The van der Waals surface area contributed by atoms with Crippen LogP contribution in [0.3, 0.4) is 0 Å². The van der Waals surface area contributed by atoms with E-state index in [0.29, 0.717) is 0 Å². The van der Waals surface area contributed by atoms with E-state index in [0.717, 1.165) is 15.7 Å². The summed E-state index contributed by atoms with van der Waals surface area (Å²) < 4.78 is 38.3. The topological polar surface area (TPSA) is 87.5 Å². The molecule has 3 aromatic rings. The Balaban J connectivity index is 2.03. The van der Waals surface area contributed by atoms with Crippen molar-refractivity contribution in [3.8, 4) is 5.75 Å². The number of nitrogens with one attached hydrogen (secondary N) is 1. The summed E-state index contributed by atoms with van der Waals surface area (Å²) in [5.41, 5.74) is 0.226. The van der Waals surface area contributed by atoms with Crippen LogP contribution in [0.4, 0.5) is 19.1 Å². The predicted octanol–water partition coefficient (Wildman–Crippen LogP) is 3.39. The number of carbonyl (C=O) groups excluding carboxylic acids is 1. The molecular formula is C23H23F3N4O3. The van der Waals surface area contributed by atoms with Gasteiger partial charge < -0.3 is 15.3 Å². The minimum atomic E-state index is -4.46. The molecule has 33 heavy (non-hydrogen) atoms. The molecule has 1 aromatic heterocycles. The molecule has 0 aliphatic rings. The summed E-state index contributed by atoms with van der Waals surface area (Å²) >= 11 is 0. The van der Waals surface area contributed by atoms with E-state index in [4.69, 9.17) is 0 Å². The number of anilines is 1. The smallest absolute Gasteiger partial charge is 0.390 e. The van der Waals surface area contributed by atoms with Crippen molar-refractivity contribution < 1.29 is 23.1 Å². The first kappa shape index (κ1) is 23.8. The van der Waals surface area contributed by atoms with E-state index in [9.17, 15) is 27.9 Å². The second kappa shape index (κ2) is 9.76. The predicted molar refractivity (Wildman–Crippen MR) is 117 cm³/mol. The second-order valence-corrected chi connectivity index (χ2v) is 7.43. The fourth-order valence-electron chi connectivity index (χ4n) is 3.48. The van der Waals surface area contributed by atoms with E-state index in [2.05, 4.69) is 10.3 Å². The van der Waals surface area contributed by atoms with Crippen LogP contribution in [0.25, 0.3) is 0 Å². The first-order chi connectivity index (χ1) is 15.6. The van der Waals surface area contributed by atoms with Crippen molar-refractivity contribution in [1.29, 1.82) is 0 Å². The summed E-state index contributed by atoms with van der Waals surface area (Å²) in [5, 5.41) is 12.2. The third-order valence-electron chi connectivity index (χ3n) is 5.09. The Bertz CT molecular complexity index is 1130. The van der Waals surface area contributed by atoms with Gasteiger partial charge in [-0.2, -0.15) is 13.2 Å². The summed E-state index contributed by atoms with van der Waals surface area (Å²) in [7, 11) is 3.06. The zero-order chi connectivity index (χ0) is 24.2. The third-order valence-corrected chi connectivity index (χ3v) is 5.09. The summed E-state index contributed by atoms with van der Waals surface area (Å²) in [6, 6.07) is 18.4. The van der Waals surface area contributed by atoms with Crippen molar-refractivity contribution in [2.24, 2.45) is 7.05 Å².